The van der Waals surface area contributed by atoms with Crippen molar-refractivity contribution in [3.05, 3.63) is 17.8 Å². The van der Waals surface area contributed by atoms with Gasteiger partial charge in [-0.1, -0.05) is 0 Å². The Morgan fingerprint density at radius 2 is 2.21 bits per heavy atom. The molecule has 0 aliphatic heterocycles. The zero-order chi connectivity index (χ0) is 13.7. The lowest BCUT2D eigenvalue weighted by atomic mass is 10.2. The summed E-state index contributed by atoms with van der Waals surface area (Å²) >= 11 is 0. The van der Waals surface area contributed by atoms with Crippen LogP contribution in [0, 0.1) is 5.92 Å². The van der Waals surface area contributed by atoms with Crippen LogP contribution in [0.1, 0.15) is 25.5 Å². The molecule has 1 N–H and O–H groups in total. The third-order valence-electron chi connectivity index (χ3n) is 3.69. The first-order chi connectivity index (χ1) is 9.26. The van der Waals surface area contributed by atoms with E-state index in [2.05, 4.69) is 33.4 Å². The van der Waals surface area contributed by atoms with Gasteiger partial charge in [0.2, 0.25) is 0 Å². The average Bonchev–Trinajstić information content (AvgIpc) is 3.25. The van der Waals surface area contributed by atoms with Crippen LogP contribution in [0.3, 0.4) is 0 Å². The van der Waals surface area contributed by atoms with E-state index in [4.69, 9.17) is 4.74 Å². The van der Waals surface area contributed by atoms with Crippen molar-refractivity contribution >= 4 is 5.82 Å². The van der Waals surface area contributed by atoms with Gasteiger partial charge in [0.25, 0.3) is 0 Å². The van der Waals surface area contributed by atoms with E-state index < -0.39 is 0 Å². The molecule has 1 atom stereocenters. The molecule has 0 amide bonds. The first kappa shape index (κ1) is 14.2. The molecule has 19 heavy (non-hydrogen) atoms. The van der Waals surface area contributed by atoms with Gasteiger partial charge in [-0.2, -0.15) is 5.10 Å². The third kappa shape index (κ3) is 3.88. The van der Waals surface area contributed by atoms with E-state index >= 15 is 0 Å². The highest BCUT2D eigenvalue weighted by atomic mass is 16.5. The van der Waals surface area contributed by atoms with Crippen molar-refractivity contribution < 1.29 is 4.74 Å². The van der Waals surface area contributed by atoms with Crippen LogP contribution in [0.4, 0.5) is 5.82 Å². The highest BCUT2D eigenvalue weighted by Crippen LogP contribution is 2.36. The van der Waals surface area contributed by atoms with Gasteiger partial charge in [0, 0.05) is 26.2 Å². The van der Waals surface area contributed by atoms with Crippen molar-refractivity contribution in [1.29, 1.82) is 0 Å². The van der Waals surface area contributed by atoms with Gasteiger partial charge < -0.3 is 15.0 Å². The maximum Gasteiger partial charge on any atom is 0.151 e. The van der Waals surface area contributed by atoms with Crippen LogP contribution in [0.2, 0.25) is 0 Å². The zero-order valence-electron chi connectivity index (χ0n) is 12.1. The third-order valence-corrected chi connectivity index (χ3v) is 3.69. The Balaban J connectivity index is 2.07. The summed E-state index contributed by atoms with van der Waals surface area (Å²) in [5, 5.41) is 11.7. The maximum absolute atomic E-state index is 5.21. The Kier molecular flexibility index (Phi) is 5.10. The average molecular weight is 264 g/mol. The summed E-state index contributed by atoms with van der Waals surface area (Å²) in [4.78, 5) is 2.32. The number of ether oxygens (including phenoxy) is 1. The number of nitrogens with zero attached hydrogens (tertiary/aromatic N) is 3. The van der Waals surface area contributed by atoms with Crippen LogP contribution < -0.4 is 10.2 Å². The smallest absolute Gasteiger partial charge is 0.151 e. The topological polar surface area (TPSA) is 50.3 Å². The maximum atomic E-state index is 5.21. The fourth-order valence-corrected chi connectivity index (χ4v) is 2.33. The molecule has 0 radical (unpaired) electrons. The molecule has 1 aliphatic carbocycles. The molecule has 0 aromatic carbocycles. The molecule has 0 bridgehead atoms. The lowest BCUT2D eigenvalue weighted by molar-refractivity contribution is 0.202. The molecule has 2 rings (SSSR count). The molecule has 1 aliphatic rings. The SMILES string of the molecule is CNCc1ccc(N(CCOC)C(C)C2CC2)nn1. The number of aromatic nitrogens is 2. The number of nitrogens with one attached hydrogen (secondary N) is 1. The van der Waals surface area contributed by atoms with Crippen molar-refractivity contribution in [2.24, 2.45) is 5.92 Å². The van der Waals surface area contributed by atoms with Crippen LogP contribution in [0.25, 0.3) is 0 Å². The molecule has 1 unspecified atom stereocenters. The molecule has 1 saturated carbocycles. The number of hydrogen-bond donors (Lipinski definition) is 1. The second-order valence-corrected chi connectivity index (χ2v) is 5.18. The van der Waals surface area contributed by atoms with E-state index in [0.29, 0.717) is 6.04 Å². The lowest BCUT2D eigenvalue weighted by Crippen LogP contribution is -2.38. The van der Waals surface area contributed by atoms with Crippen molar-refractivity contribution in [2.45, 2.75) is 32.4 Å². The Hall–Kier alpha value is -1.20. The quantitative estimate of drug-likeness (QED) is 0.770. The van der Waals surface area contributed by atoms with Gasteiger partial charge in [-0.3, -0.25) is 0 Å². The van der Waals surface area contributed by atoms with E-state index in [9.17, 15) is 0 Å². The summed E-state index contributed by atoms with van der Waals surface area (Å²) in [7, 11) is 3.65. The van der Waals surface area contributed by atoms with E-state index in [1.54, 1.807) is 7.11 Å². The zero-order valence-corrected chi connectivity index (χ0v) is 12.1. The van der Waals surface area contributed by atoms with Crippen molar-refractivity contribution in [3.63, 3.8) is 0 Å². The molecule has 1 fully saturated rings. The largest absolute Gasteiger partial charge is 0.383 e. The molecule has 5 nitrogen and oxygen atoms in total. The van der Waals surface area contributed by atoms with Crippen LogP contribution in [0.15, 0.2) is 12.1 Å². The standard InChI is InChI=1S/C14H24N4O/c1-11(12-4-5-12)18(8-9-19-3)14-7-6-13(10-15-2)16-17-14/h6-7,11-12,15H,4-5,8-10H2,1-3H3. The summed E-state index contributed by atoms with van der Waals surface area (Å²) in [5.41, 5.74) is 0.969. The normalized spacial score (nSPS) is 16.4. The van der Waals surface area contributed by atoms with Crippen molar-refractivity contribution in [1.82, 2.24) is 15.5 Å². The first-order valence-electron chi connectivity index (χ1n) is 6.99. The molecular weight excluding hydrogens is 240 g/mol. The molecule has 1 aromatic rings. The summed E-state index contributed by atoms with van der Waals surface area (Å²) < 4.78 is 5.21. The minimum absolute atomic E-state index is 0.514. The number of rotatable bonds is 8. The van der Waals surface area contributed by atoms with Gasteiger partial charge in [0.05, 0.1) is 12.3 Å². The second-order valence-electron chi connectivity index (χ2n) is 5.18. The number of methoxy groups -OCH3 is 1. The molecular formula is C14H24N4O. The molecule has 1 aromatic heterocycles. The Bertz CT molecular complexity index is 378. The first-order valence-corrected chi connectivity index (χ1v) is 6.99. The van der Waals surface area contributed by atoms with Crippen molar-refractivity contribution in [2.75, 3.05) is 32.2 Å². The van der Waals surface area contributed by atoms with Crippen LogP contribution >= 0.6 is 0 Å². The minimum Gasteiger partial charge on any atom is -0.383 e. The lowest BCUT2D eigenvalue weighted by Gasteiger charge is -2.29. The second kappa shape index (κ2) is 6.82. The summed E-state index contributed by atoms with van der Waals surface area (Å²) in [5.74, 6) is 1.76. The molecule has 0 saturated heterocycles. The van der Waals surface area contributed by atoms with Crippen LogP contribution in [-0.4, -0.2) is 43.5 Å². The molecule has 5 heteroatoms. The highest BCUT2D eigenvalue weighted by molar-refractivity contribution is 5.39. The van der Waals surface area contributed by atoms with Gasteiger partial charge in [-0.25, -0.2) is 0 Å². The predicted octanol–water partition coefficient (Wildman–Crippen LogP) is 1.45. The van der Waals surface area contributed by atoms with Crippen LogP contribution in [0.5, 0.6) is 0 Å². The highest BCUT2D eigenvalue weighted by Gasteiger charge is 2.32. The Morgan fingerprint density at radius 1 is 1.42 bits per heavy atom. The van der Waals surface area contributed by atoms with E-state index in [-0.39, 0.29) is 0 Å². The Morgan fingerprint density at radius 3 is 2.74 bits per heavy atom. The van der Waals surface area contributed by atoms with E-state index in [1.807, 2.05) is 13.1 Å². The fourth-order valence-electron chi connectivity index (χ4n) is 2.33. The summed E-state index contributed by atoms with van der Waals surface area (Å²) in [6.07, 6.45) is 2.66. The van der Waals surface area contributed by atoms with Crippen LogP contribution in [-0.2, 0) is 11.3 Å². The van der Waals surface area contributed by atoms with Gasteiger partial charge in [0.1, 0.15) is 0 Å². The van der Waals surface area contributed by atoms with Gasteiger partial charge in [-0.05, 0) is 44.9 Å². The summed E-state index contributed by atoms with van der Waals surface area (Å²) in [6, 6.07) is 4.62. The van der Waals surface area contributed by atoms with E-state index in [0.717, 1.165) is 37.1 Å². The minimum atomic E-state index is 0.514. The van der Waals surface area contributed by atoms with Gasteiger partial charge in [-0.15, -0.1) is 5.10 Å². The fraction of sp³-hybridized carbons (Fsp3) is 0.714. The molecule has 106 valence electrons. The van der Waals surface area contributed by atoms with Crippen molar-refractivity contribution in [3.8, 4) is 0 Å². The van der Waals surface area contributed by atoms with Gasteiger partial charge in [0.15, 0.2) is 5.82 Å². The monoisotopic (exact) mass is 264 g/mol. The predicted molar refractivity (Wildman–Crippen MR) is 76.2 cm³/mol. The molecule has 0 spiro atoms. The summed E-state index contributed by atoms with van der Waals surface area (Å²) in [6.45, 7) is 4.62. The Labute approximate surface area is 115 Å². The molecule has 1 heterocycles. The van der Waals surface area contributed by atoms with Gasteiger partial charge >= 0.3 is 0 Å². The number of hydrogen-bond acceptors (Lipinski definition) is 5. The number of anilines is 1. The van der Waals surface area contributed by atoms with E-state index in [1.165, 1.54) is 12.8 Å².